The van der Waals surface area contributed by atoms with Crippen molar-refractivity contribution in [3.63, 3.8) is 0 Å². The van der Waals surface area contributed by atoms with E-state index < -0.39 is 6.10 Å². The molecule has 2 rings (SSSR count). The molecule has 1 atom stereocenters. The molecule has 0 saturated carbocycles. The third-order valence-corrected chi connectivity index (χ3v) is 4.23. The van der Waals surface area contributed by atoms with Crippen molar-refractivity contribution in [1.29, 1.82) is 0 Å². The number of nitrogens with one attached hydrogen (secondary N) is 1. The number of carbonyl (C=O) groups is 1. The minimum Gasteiger partial charge on any atom is -0.491 e. The monoisotopic (exact) mass is 371 g/mol. The highest BCUT2D eigenvalue weighted by Gasteiger charge is 2.16. The minimum atomic E-state index is -0.608. The Morgan fingerprint density at radius 3 is 2.37 bits per heavy atom. The van der Waals surface area contributed by atoms with Crippen molar-refractivity contribution in [3.05, 3.63) is 53.6 Å². The van der Waals surface area contributed by atoms with Gasteiger partial charge in [-0.15, -0.1) is 0 Å². The van der Waals surface area contributed by atoms with Crippen LogP contribution in [0.1, 0.15) is 37.8 Å². The number of methoxy groups -OCH3 is 1. The maximum atomic E-state index is 12.5. The third kappa shape index (κ3) is 6.29. The van der Waals surface area contributed by atoms with Crippen molar-refractivity contribution in [2.75, 3.05) is 25.6 Å². The van der Waals surface area contributed by atoms with E-state index in [1.54, 1.807) is 26.2 Å². The van der Waals surface area contributed by atoms with Crippen molar-refractivity contribution < 1.29 is 19.0 Å². The lowest BCUT2D eigenvalue weighted by Gasteiger charge is -2.18. The summed E-state index contributed by atoms with van der Waals surface area (Å²) in [6.45, 7) is 9.01. The first-order chi connectivity index (χ1) is 12.9. The van der Waals surface area contributed by atoms with E-state index in [0.717, 1.165) is 17.1 Å². The number of ether oxygens (including phenoxy) is 3. The van der Waals surface area contributed by atoms with Crippen LogP contribution in [0.5, 0.6) is 11.5 Å². The molecule has 146 valence electrons. The molecule has 5 nitrogen and oxygen atoms in total. The van der Waals surface area contributed by atoms with Gasteiger partial charge >= 0.3 is 0 Å². The average Bonchev–Trinajstić information content (AvgIpc) is 2.64. The molecule has 0 radical (unpaired) electrons. The topological polar surface area (TPSA) is 56.8 Å². The number of carbonyl (C=O) groups excluding carboxylic acids is 1. The Morgan fingerprint density at radius 1 is 1.04 bits per heavy atom. The van der Waals surface area contributed by atoms with Gasteiger partial charge in [0.05, 0.1) is 6.61 Å². The van der Waals surface area contributed by atoms with E-state index in [1.165, 1.54) is 5.56 Å². The quantitative estimate of drug-likeness (QED) is 0.657. The summed E-state index contributed by atoms with van der Waals surface area (Å²) in [7, 11) is 1.63. The molecule has 0 bridgehead atoms. The second-order valence-corrected chi connectivity index (χ2v) is 6.79. The predicted molar refractivity (Wildman–Crippen MR) is 108 cm³/mol. The van der Waals surface area contributed by atoms with Gasteiger partial charge < -0.3 is 19.5 Å². The Balaban J connectivity index is 1.94. The summed E-state index contributed by atoms with van der Waals surface area (Å²) in [6.07, 6.45) is -0.608. The van der Waals surface area contributed by atoms with Crippen LogP contribution in [0, 0.1) is 6.92 Å². The summed E-state index contributed by atoms with van der Waals surface area (Å²) in [5.74, 6) is 1.68. The van der Waals surface area contributed by atoms with E-state index in [4.69, 9.17) is 14.2 Å². The average molecular weight is 371 g/mol. The van der Waals surface area contributed by atoms with Gasteiger partial charge in [-0.3, -0.25) is 4.79 Å². The fraction of sp³-hybridized carbons (Fsp3) is 0.409. The predicted octanol–water partition coefficient (Wildman–Crippen LogP) is 4.55. The van der Waals surface area contributed by atoms with Crippen molar-refractivity contribution in [3.8, 4) is 11.5 Å². The number of aryl methyl sites for hydroxylation is 1. The van der Waals surface area contributed by atoms with Crippen LogP contribution in [-0.2, 0) is 9.53 Å². The Morgan fingerprint density at radius 2 is 1.74 bits per heavy atom. The molecule has 0 aliphatic rings. The molecule has 0 heterocycles. The molecule has 0 aliphatic heterocycles. The van der Waals surface area contributed by atoms with Gasteiger partial charge in [-0.2, -0.15) is 0 Å². The van der Waals surface area contributed by atoms with E-state index in [1.807, 2.05) is 31.2 Å². The number of hydrogen-bond acceptors (Lipinski definition) is 4. The largest absolute Gasteiger partial charge is 0.491 e. The van der Waals surface area contributed by atoms with Crippen LogP contribution in [-0.4, -0.2) is 32.3 Å². The van der Waals surface area contributed by atoms with Crippen LogP contribution in [0.25, 0.3) is 0 Å². The summed E-state index contributed by atoms with van der Waals surface area (Å²) in [5.41, 5.74) is 2.89. The van der Waals surface area contributed by atoms with E-state index >= 15 is 0 Å². The maximum absolute atomic E-state index is 12.5. The first kappa shape index (κ1) is 20.8. The fourth-order valence-corrected chi connectivity index (χ4v) is 2.47. The highest BCUT2D eigenvalue weighted by atomic mass is 16.5. The molecule has 2 aromatic rings. The van der Waals surface area contributed by atoms with Gasteiger partial charge in [0, 0.05) is 12.8 Å². The Bertz CT molecular complexity index is 740. The van der Waals surface area contributed by atoms with Gasteiger partial charge in [0.25, 0.3) is 5.91 Å². The summed E-state index contributed by atoms with van der Waals surface area (Å²) < 4.78 is 16.4. The van der Waals surface area contributed by atoms with Crippen LogP contribution in [0.2, 0.25) is 0 Å². The molecule has 1 unspecified atom stereocenters. The molecule has 0 saturated heterocycles. The van der Waals surface area contributed by atoms with Crippen molar-refractivity contribution in [2.24, 2.45) is 0 Å². The van der Waals surface area contributed by atoms with Crippen LogP contribution in [0.3, 0.4) is 0 Å². The van der Waals surface area contributed by atoms with Gasteiger partial charge in [0.2, 0.25) is 0 Å². The van der Waals surface area contributed by atoms with E-state index in [2.05, 4.69) is 25.2 Å². The standard InChI is InChI=1S/C22H29NO4/c1-15(2)18-7-6-16(3)21(14-18)27-17(4)22(24)23-19-8-10-20(11-9-19)26-13-12-25-5/h6-11,14-15,17H,12-13H2,1-5H3,(H,23,24). The molecule has 0 fully saturated rings. The number of hydrogen-bond donors (Lipinski definition) is 1. The lowest BCUT2D eigenvalue weighted by molar-refractivity contribution is -0.122. The van der Waals surface area contributed by atoms with Crippen molar-refractivity contribution >= 4 is 11.6 Å². The third-order valence-electron chi connectivity index (χ3n) is 4.23. The normalized spacial score (nSPS) is 11.9. The molecule has 5 heteroatoms. The smallest absolute Gasteiger partial charge is 0.265 e. The van der Waals surface area contributed by atoms with Gasteiger partial charge in [0.15, 0.2) is 6.10 Å². The Labute approximate surface area is 161 Å². The van der Waals surface area contributed by atoms with Gasteiger partial charge in [0.1, 0.15) is 18.1 Å². The summed E-state index contributed by atoms with van der Waals surface area (Å²) in [4.78, 5) is 12.5. The molecule has 0 spiro atoms. The number of anilines is 1. The zero-order valence-electron chi connectivity index (χ0n) is 16.7. The van der Waals surface area contributed by atoms with Gasteiger partial charge in [-0.25, -0.2) is 0 Å². The lowest BCUT2D eigenvalue weighted by atomic mass is 10.0. The van der Waals surface area contributed by atoms with Gasteiger partial charge in [-0.1, -0.05) is 26.0 Å². The SMILES string of the molecule is COCCOc1ccc(NC(=O)C(C)Oc2cc(C(C)C)ccc2C)cc1. The summed E-state index contributed by atoms with van der Waals surface area (Å²) in [5, 5.41) is 2.87. The molecular weight excluding hydrogens is 342 g/mol. The molecule has 0 aliphatic carbocycles. The van der Waals surface area contributed by atoms with Crippen molar-refractivity contribution in [1.82, 2.24) is 0 Å². The fourth-order valence-electron chi connectivity index (χ4n) is 2.47. The molecule has 2 aromatic carbocycles. The second-order valence-electron chi connectivity index (χ2n) is 6.79. The van der Waals surface area contributed by atoms with Crippen LogP contribution >= 0.6 is 0 Å². The summed E-state index contributed by atoms with van der Waals surface area (Å²) >= 11 is 0. The highest BCUT2D eigenvalue weighted by Crippen LogP contribution is 2.25. The van der Waals surface area contributed by atoms with Crippen LogP contribution in [0.15, 0.2) is 42.5 Å². The molecule has 27 heavy (non-hydrogen) atoms. The Hall–Kier alpha value is -2.53. The molecule has 1 amide bonds. The van der Waals surface area contributed by atoms with E-state index in [0.29, 0.717) is 24.8 Å². The number of rotatable bonds is 9. The number of benzene rings is 2. The first-order valence-corrected chi connectivity index (χ1v) is 9.20. The first-order valence-electron chi connectivity index (χ1n) is 9.20. The molecule has 0 aromatic heterocycles. The highest BCUT2D eigenvalue weighted by molar-refractivity contribution is 5.94. The van der Waals surface area contributed by atoms with Gasteiger partial charge in [-0.05, 0) is 61.2 Å². The second kappa shape index (κ2) is 9.97. The maximum Gasteiger partial charge on any atom is 0.265 e. The number of amides is 1. The minimum absolute atomic E-state index is 0.197. The van der Waals surface area contributed by atoms with Crippen LogP contribution in [0.4, 0.5) is 5.69 Å². The van der Waals surface area contributed by atoms with E-state index in [-0.39, 0.29) is 5.91 Å². The lowest BCUT2D eigenvalue weighted by Crippen LogP contribution is -2.30. The molecule has 1 N–H and O–H groups in total. The molecular formula is C22H29NO4. The summed E-state index contributed by atoms with van der Waals surface area (Å²) in [6, 6.07) is 13.4. The Kier molecular flexibility index (Phi) is 7.67. The van der Waals surface area contributed by atoms with Crippen LogP contribution < -0.4 is 14.8 Å². The van der Waals surface area contributed by atoms with E-state index in [9.17, 15) is 4.79 Å². The van der Waals surface area contributed by atoms with Crippen molar-refractivity contribution in [2.45, 2.75) is 39.7 Å². The zero-order chi connectivity index (χ0) is 19.8. The zero-order valence-corrected chi connectivity index (χ0v) is 16.7.